The van der Waals surface area contributed by atoms with E-state index in [1.807, 2.05) is 0 Å². The van der Waals surface area contributed by atoms with Gasteiger partial charge in [0.1, 0.15) is 0 Å². The van der Waals surface area contributed by atoms with E-state index in [0.29, 0.717) is 0 Å². The van der Waals surface area contributed by atoms with Crippen molar-refractivity contribution in [3.05, 3.63) is 29.3 Å². The maximum atomic E-state index is 11.0. The van der Waals surface area contributed by atoms with Gasteiger partial charge in [0.05, 0.1) is 0 Å². The van der Waals surface area contributed by atoms with Crippen LogP contribution >= 0.6 is 0 Å². The van der Waals surface area contributed by atoms with E-state index in [-0.39, 0.29) is 15.7 Å². The number of unbranched alkanes of at least 4 members (excludes halogenated alkanes) is 2. The Balaban J connectivity index is 2.88. The zero-order chi connectivity index (χ0) is 14.1. The Morgan fingerprint density at radius 2 is 1.84 bits per heavy atom. The first-order valence-corrected chi connectivity index (χ1v) is 8.14. The highest BCUT2D eigenvalue weighted by Crippen LogP contribution is 2.13. The van der Waals surface area contributed by atoms with Gasteiger partial charge in [-0.1, -0.05) is 44.9 Å². The molecule has 0 aliphatic rings. The minimum Gasteiger partial charge on any atom is -0.511 e. The summed E-state index contributed by atoms with van der Waals surface area (Å²) in [5.41, 5.74) is 2.85. The predicted octanol–water partition coefficient (Wildman–Crippen LogP) is 3.18. The molecule has 1 aromatic carbocycles. The number of hydrogen-bond donors (Lipinski definition) is 0. The molecule has 19 heavy (non-hydrogen) atoms. The molecule has 0 aliphatic carbocycles. The summed E-state index contributed by atoms with van der Waals surface area (Å²) < 4.78 is 5.20. The van der Waals surface area contributed by atoms with Crippen molar-refractivity contribution in [3.8, 4) is 0 Å². The van der Waals surface area contributed by atoms with Gasteiger partial charge in [0.2, 0.25) is 0 Å². The maximum absolute atomic E-state index is 11.0. The minimum absolute atomic E-state index is 0.147. The van der Waals surface area contributed by atoms with E-state index < -0.39 is 0 Å². The van der Waals surface area contributed by atoms with Crippen LogP contribution in [0.15, 0.2) is 18.2 Å². The molecule has 0 saturated carbocycles. The zero-order valence-corrected chi connectivity index (χ0v) is 13.3. The molecule has 104 valence electrons. The van der Waals surface area contributed by atoms with E-state index in [2.05, 4.69) is 32.0 Å². The summed E-state index contributed by atoms with van der Waals surface area (Å²) in [6.45, 7) is 5.90. The molecule has 2 radical (unpaired) electrons. The Bertz CT molecular complexity index is 402. The van der Waals surface area contributed by atoms with Gasteiger partial charge in [-0.3, -0.25) is 4.79 Å². The van der Waals surface area contributed by atoms with Crippen molar-refractivity contribution in [2.24, 2.45) is 0 Å². The fourth-order valence-corrected chi connectivity index (χ4v) is 2.93. The molecule has 1 aromatic rings. The van der Waals surface area contributed by atoms with Crippen molar-refractivity contribution < 1.29 is 9.22 Å². The van der Waals surface area contributed by atoms with Crippen LogP contribution in [0.4, 0.5) is 0 Å². The summed E-state index contributed by atoms with van der Waals surface area (Å²) in [5, 5.41) is 1.21. The molecule has 0 atom stereocenters. The maximum Gasteiger partial charge on any atom is 0.355 e. The lowest BCUT2D eigenvalue weighted by Gasteiger charge is -2.13. The average Bonchev–Trinajstić information content (AvgIpc) is 2.41. The fourth-order valence-electron chi connectivity index (χ4n) is 2.11. The molecule has 0 fully saturated rings. The Hall–Kier alpha value is -1.09. The van der Waals surface area contributed by atoms with E-state index in [9.17, 15) is 4.79 Å². The molecule has 0 N–H and O–H groups in total. The van der Waals surface area contributed by atoms with Gasteiger partial charge in [0.15, 0.2) is 0 Å². The lowest BCUT2D eigenvalue weighted by Crippen LogP contribution is -2.25. The molecule has 3 heteroatoms. The largest absolute Gasteiger partial charge is 0.511 e. The van der Waals surface area contributed by atoms with Gasteiger partial charge in [-0.15, -0.1) is 0 Å². The van der Waals surface area contributed by atoms with Gasteiger partial charge in [0, 0.05) is 6.92 Å². The highest BCUT2D eigenvalue weighted by Gasteiger charge is 2.11. The Morgan fingerprint density at radius 3 is 2.47 bits per heavy atom. The lowest BCUT2D eigenvalue weighted by molar-refractivity contribution is -0.131. The van der Waals surface area contributed by atoms with E-state index in [1.54, 1.807) is 0 Å². The molecular weight excluding hydrogens is 252 g/mol. The molecule has 2 nitrogen and oxygen atoms in total. The summed E-state index contributed by atoms with van der Waals surface area (Å²) in [6, 6.07) is 6.41. The average molecular weight is 276 g/mol. The van der Waals surface area contributed by atoms with Gasteiger partial charge in [-0.05, 0) is 42.0 Å². The van der Waals surface area contributed by atoms with Crippen molar-refractivity contribution in [2.45, 2.75) is 59.3 Å². The van der Waals surface area contributed by atoms with Gasteiger partial charge >= 0.3 is 9.76 Å². The van der Waals surface area contributed by atoms with Crippen LogP contribution in [0.1, 0.15) is 57.6 Å². The normalized spacial score (nSPS) is 10.5. The number of carbonyl (C=O) groups is 1. The van der Waals surface area contributed by atoms with Crippen LogP contribution in [0, 0.1) is 0 Å². The standard InChI is InChI=1S/C16H24O2Si/c1-4-6-9-14-10-8-12-16(19-18-13(3)17)15(14)11-7-5-2/h8,10,12H,4-7,9,11H2,1-3H3. The monoisotopic (exact) mass is 276 g/mol. The first-order chi connectivity index (χ1) is 9.19. The summed E-state index contributed by atoms with van der Waals surface area (Å²) >= 11 is 0. The van der Waals surface area contributed by atoms with E-state index in [1.165, 1.54) is 48.9 Å². The third kappa shape index (κ3) is 5.60. The molecule has 0 aromatic heterocycles. The number of carbonyl (C=O) groups excluding carboxylic acids is 1. The van der Waals surface area contributed by atoms with Crippen LogP contribution in [0.5, 0.6) is 0 Å². The van der Waals surface area contributed by atoms with Crippen molar-refractivity contribution in [2.75, 3.05) is 0 Å². The Morgan fingerprint density at radius 1 is 1.16 bits per heavy atom. The quantitative estimate of drug-likeness (QED) is 0.682. The molecule has 0 spiro atoms. The van der Waals surface area contributed by atoms with Gasteiger partial charge < -0.3 is 4.43 Å². The predicted molar refractivity (Wildman–Crippen MR) is 80.8 cm³/mol. The minimum atomic E-state index is -0.196. The highest BCUT2D eigenvalue weighted by atomic mass is 28.2. The van der Waals surface area contributed by atoms with Gasteiger partial charge in [0.25, 0.3) is 5.97 Å². The SMILES string of the molecule is CCCCc1cccc([Si]OC(C)=O)c1CCCC. The number of hydrogen-bond acceptors (Lipinski definition) is 2. The zero-order valence-electron chi connectivity index (χ0n) is 12.3. The Labute approximate surface area is 119 Å². The van der Waals surface area contributed by atoms with Crippen LogP contribution in [0.3, 0.4) is 0 Å². The number of rotatable bonds is 8. The summed E-state index contributed by atoms with van der Waals surface area (Å²) in [4.78, 5) is 11.0. The van der Waals surface area contributed by atoms with Crippen LogP contribution < -0.4 is 5.19 Å². The topological polar surface area (TPSA) is 26.3 Å². The van der Waals surface area contributed by atoms with Crippen LogP contribution in [-0.2, 0) is 22.1 Å². The first-order valence-electron chi connectivity index (χ1n) is 7.23. The summed E-state index contributed by atoms with van der Waals surface area (Å²) in [6.07, 6.45) is 7.05. The van der Waals surface area contributed by atoms with E-state index in [0.717, 1.165) is 12.8 Å². The van der Waals surface area contributed by atoms with Gasteiger partial charge in [-0.2, -0.15) is 0 Å². The second-order valence-corrected chi connectivity index (χ2v) is 5.79. The van der Waals surface area contributed by atoms with Gasteiger partial charge in [-0.25, -0.2) is 0 Å². The van der Waals surface area contributed by atoms with Crippen LogP contribution in [-0.4, -0.2) is 15.7 Å². The Kier molecular flexibility index (Phi) is 7.49. The van der Waals surface area contributed by atoms with Crippen molar-refractivity contribution in [1.82, 2.24) is 0 Å². The number of aryl methyl sites for hydroxylation is 1. The van der Waals surface area contributed by atoms with Crippen molar-refractivity contribution in [3.63, 3.8) is 0 Å². The first kappa shape index (κ1) is 16.0. The third-order valence-corrected chi connectivity index (χ3v) is 4.24. The second kappa shape index (κ2) is 8.91. The van der Waals surface area contributed by atoms with E-state index in [4.69, 9.17) is 4.43 Å². The summed E-state index contributed by atoms with van der Waals surface area (Å²) in [5.74, 6) is -0.196. The molecule has 0 amide bonds. The molecule has 0 bridgehead atoms. The van der Waals surface area contributed by atoms with Crippen molar-refractivity contribution in [1.29, 1.82) is 0 Å². The number of benzene rings is 1. The molecule has 0 heterocycles. The van der Waals surface area contributed by atoms with Crippen molar-refractivity contribution >= 4 is 20.9 Å². The smallest absolute Gasteiger partial charge is 0.355 e. The van der Waals surface area contributed by atoms with Crippen LogP contribution in [0.25, 0.3) is 0 Å². The fraction of sp³-hybridized carbons (Fsp3) is 0.562. The van der Waals surface area contributed by atoms with Crippen LogP contribution in [0.2, 0.25) is 0 Å². The molecule has 0 aliphatic heterocycles. The molecule has 0 unspecified atom stereocenters. The second-order valence-electron chi connectivity index (χ2n) is 4.85. The van der Waals surface area contributed by atoms with E-state index >= 15 is 0 Å². The summed E-state index contributed by atoms with van der Waals surface area (Å²) in [7, 11) is 0.147. The third-order valence-electron chi connectivity index (χ3n) is 3.16. The lowest BCUT2D eigenvalue weighted by atomic mass is 9.98. The molecule has 1 rings (SSSR count). The molecule has 0 saturated heterocycles. The highest BCUT2D eigenvalue weighted by molar-refractivity contribution is 6.49. The molecular formula is C16H24O2Si.